The number of aryl methyl sites for hydroxylation is 1. The summed E-state index contributed by atoms with van der Waals surface area (Å²) in [6.45, 7) is 5.38. The number of hydrogen-bond donors (Lipinski definition) is 1. The van der Waals surface area contributed by atoms with E-state index < -0.39 is 0 Å². The number of nitrogens with zero attached hydrogens (tertiary/aromatic N) is 2. The van der Waals surface area contributed by atoms with Gasteiger partial charge in [-0.05, 0) is 19.9 Å². The minimum atomic E-state index is 0.121. The average molecular weight is 301 g/mol. The number of carbonyl (C=O) groups is 1. The number of amides is 1. The predicted octanol–water partition coefficient (Wildman–Crippen LogP) is 2.55. The van der Waals surface area contributed by atoms with Crippen LogP contribution in [-0.4, -0.2) is 42.0 Å². The summed E-state index contributed by atoms with van der Waals surface area (Å²) < 4.78 is 0. The molecule has 0 spiro atoms. The first-order valence-corrected chi connectivity index (χ1v) is 8.10. The van der Waals surface area contributed by atoms with Gasteiger partial charge in [0.15, 0.2) is 0 Å². The first kappa shape index (κ1) is 14.2. The number of rotatable bonds is 2. The molecule has 0 atom stereocenters. The lowest BCUT2D eigenvalue weighted by molar-refractivity contribution is 0.0770. The van der Waals surface area contributed by atoms with Crippen molar-refractivity contribution in [2.75, 3.05) is 26.2 Å². The van der Waals surface area contributed by atoms with E-state index >= 15 is 0 Å². The van der Waals surface area contributed by atoms with Gasteiger partial charge in [0.25, 0.3) is 5.91 Å². The molecule has 1 aromatic heterocycles. The van der Waals surface area contributed by atoms with E-state index in [9.17, 15) is 4.79 Å². The number of carbonyl (C=O) groups excluding carboxylic acids is 1. The highest BCUT2D eigenvalue weighted by atomic mass is 32.1. The van der Waals surface area contributed by atoms with Gasteiger partial charge in [-0.3, -0.25) is 4.79 Å². The zero-order chi connectivity index (χ0) is 14.7. The molecule has 1 saturated heterocycles. The third-order valence-electron chi connectivity index (χ3n) is 3.64. The summed E-state index contributed by atoms with van der Waals surface area (Å²) in [4.78, 5) is 20.0. The molecule has 1 aliphatic rings. The third-order valence-corrected chi connectivity index (χ3v) is 4.83. The molecule has 1 aliphatic heterocycles. The second-order valence-electron chi connectivity index (χ2n) is 5.20. The largest absolute Gasteiger partial charge is 0.337 e. The minimum Gasteiger partial charge on any atom is -0.337 e. The lowest BCUT2D eigenvalue weighted by atomic mass is 10.2. The van der Waals surface area contributed by atoms with Crippen molar-refractivity contribution in [1.29, 1.82) is 0 Å². The van der Waals surface area contributed by atoms with Crippen molar-refractivity contribution in [2.24, 2.45) is 0 Å². The first-order valence-electron chi connectivity index (χ1n) is 7.28. The lowest BCUT2D eigenvalue weighted by Crippen LogP contribution is -2.34. The number of benzene rings is 1. The van der Waals surface area contributed by atoms with E-state index in [0.29, 0.717) is 0 Å². The van der Waals surface area contributed by atoms with Crippen LogP contribution >= 0.6 is 11.3 Å². The van der Waals surface area contributed by atoms with Crippen molar-refractivity contribution in [1.82, 2.24) is 15.2 Å². The molecule has 3 rings (SSSR count). The second-order valence-corrected chi connectivity index (χ2v) is 6.19. The van der Waals surface area contributed by atoms with Crippen LogP contribution in [0.1, 0.15) is 21.8 Å². The predicted molar refractivity (Wildman–Crippen MR) is 85.7 cm³/mol. The molecule has 1 N–H and O–H groups in total. The molecule has 0 unspecified atom stereocenters. The lowest BCUT2D eigenvalue weighted by Gasteiger charge is -2.19. The highest BCUT2D eigenvalue weighted by Gasteiger charge is 2.22. The van der Waals surface area contributed by atoms with E-state index in [0.717, 1.165) is 53.7 Å². The fourth-order valence-electron chi connectivity index (χ4n) is 2.49. The fraction of sp³-hybridized carbons (Fsp3) is 0.375. The Morgan fingerprint density at radius 2 is 2.05 bits per heavy atom. The molecule has 2 heterocycles. The summed E-state index contributed by atoms with van der Waals surface area (Å²) in [7, 11) is 0. The van der Waals surface area contributed by atoms with Gasteiger partial charge in [0.1, 0.15) is 9.88 Å². The summed E-state index contributed by atoms with van der Waals surface area (Å²) in [5.41, 5.74) is 1.91. The van der Waals surface area contributed by atoms with E-state index in [2.05, 4.69) is 10.3 Å². The fourth-order valence-corrected chi connectivity index (χ4v) is 3.53. The van der Waals surface area contributed by atoms with E-state index in [1.54, 1.807) is 0 Å². The highest BCUT2D eigenvalue weighted by molar-refractivity contribution is 7.17. The van der Waals surface area contributed by atoms with Crippen molar-refractivity contribution < 1.29 is 4.79 Å². The maximum absolute atomic E-state index is 12.7. The van der Waals surface area contributed by atoms with E-state index in [4.69, 9.17) is 0 Å². The number of thiazole rings is 1. The van der Waals surface area contributed by atoms with Gasteiger partial charge in [0, 0.05) is 25.2 Å². The monoisotopic (exact) mass is 301 g/mol. The maximum atomic E-state index is 12.7. The van der Waals surface area contributed by atoms with Crippen LogP contribution in [0.5, 0.6) is 0 Å². The molecule has 1 amide bonds. The Hall–Kier alpha value is -1.72. The molecule has 2 aromatic rings. The number of aromatic nitrogens is 1. The SMILES string of the molecule is Cc1nc(-c2ccccc2)sc1C(=O)N1CCCNCC1. The summed E-state index contributed by atoms with van der Waals surface area (Å²) in [5, 5.41) is 4.24. The van der Waals surface area contributed by atoms with Crippen LogP contribution in [0.25, 0.3) is 10.6 Å². The molecular formula is C16H19N3OS. The summed E-state index contributed by atoms with van der Waals surface area (Å²) in [6, 6.07) is 10.0. The van der Waals surface area contributed by atoms with Crippen LogP contribution in [0.15, 0.2) is 30.3 Å². The van der Waals surface area contributed by atoms with Crippen LogP contribution in [0.3, 0.4) is 0 Å². The zero-order valence-corrected chi connectivity index (χ0v) is 12.9. The third kappa shape index (κ3) is 3.14. The van der Waals surface area contributed by atoms with Crippen molar-refractivity contribution in [3.8, 4) is 10.6 Å². The van der Waals surface area contributed by atoms with Crippen LogP contribution in [0.4, 0.5) is 0 Å². The van der Waals surface area contributed by atoms with Gasteiger partial charge in [-0.25, -0.2) is 4.98 Å². The molecule has 5 heteroatoms. The van der Waals surface area contributed by atoms with Crippen molar-refractivity contribution in [3.63, 3.8) is 0 Å². The van der Waals surface area contributed by atoms with Crippen LogP contribution < -0.4 is 5.32 Å². The van der Waals surface area contributed by atoms with Crippen LogP contribution in [0.2, 0.25) is 0 Å². The van der Waals surface area contributed by atoms with Crippen molar-refractivity contribution in [3.05, 3.63) is 40.9 Å². The standard InChI is InChI=1S/C16H19N3OS/c1-12-14(16(20)19-10-5-8-17-9-11-19)21-15(18-12)13-6-3-2-4-7-13/h2-4,6-7,17H,5,8-11H2,1H3. The Morgan fingerprint density at radius 1 is 1.24 bits per heavy atom. The maximum Gasteiger partial charge on any atom is 0.265 e. The molecule has 0 aliphatic carbocycles. The number of hydrogen-bond acceptors (Lipinski definition) is 4. The number of nitrogens with one attached hydrogen (secondary N) is 1. The Kier molecular flexibility index (Phi) is 4.31. The Bertz CT molecular complexity index is 616. The van der Waals surface area contributed by atoms with Gasteiger partial charge < -0.3 is 10.2 Å². The smallest absolute Gasteiger partial charge is 0.265 e. The van der Waals surface area contributed by atoms with Crippen molar-refractivity contribution in [2.45, 2.75) is 13.3 Å². The molecule has 1 fully saturated rings. The van der Waals surface area contributed by atoms with Gasteiger partial charge in [0.2, 0.25) is 0 Å². The zero-order valence-electron chi connectivity index (χ0n) is 12.1. The van der Waals surface area contributed by atoms with Crippen LogP contribution in [0, 0.1) is 6.92 Å². The van der Waals surface area contributed by atoms with E-state index in [1.165, 1.54) is 11.3 Å². The Labute approximate surface area is 128 Å². The van der Waals surface area contributed by atoms with Crippen LogP contribution in [-0.2, 0) is 0 Å². The minimum absolute atomic E-state index is 0.121. The molecule has 0 bridgehead atoms. The molecule has 4 nitrogen and oxygen atoms in total. The summed E-state index contributed by atoms with van der Waals surface area (Å²) in [6.07, 6.45) is 1.01. The van der Waals surface area contributed by atoms with Gasteiger partial charge in [0.05, 0.1) is 5.69 Å². The van der Waals surface area contributed by atoms with Gasteiger partial charge in [-0.1, -0.05) is 30.3 Å². The second kappa shape index (κ2) is 6.37. The molecule has 0 radical (unpaired) electrons. The summed E-state index contributed by atoms with van der Waals surface area (Å²) >= 11 is 1.50. The van der Waals surface area contributed by atoms with E-state index in [1.807, 2.05) is 42.2 Å². The van der Waals surface area contributed by atoms with Crippen molar-refractivity contribution >= 4 is 17.2 Å². The quantitative estimate of drug-likeness (QED) is 0.927. The molecule has 0 saturated carbocycles. The topological polar surface area (TPSA) is 45.2 Å². The highest BCUT2D eigenvalue weighted by Crippen LogP contribution is 2.28. The van der Waals surface area contributed by atoms with Gasteiger partial charge >= 0.3 is 0 Å². The van der Waals surface area contributed by atoms with Gasteiger partial charge in [-0.2, -0.15) is 0 Å². The molecule has 110 valence electrons. The molecule has 21 heavy (non-hydrogen) atoms. The Morgan fingerprint density at radius 3 is 2.86 bits per heavy atom. The normalized spacial score (nSPS) is 15.8. The molecular weight excluding hydrogens is 282 g/mol. The van der Waals surface area contributed by atoms with E-state index in [-0.39, 0.29) is 5.91 Å². The first-order chi connectivity index (χ1) is 10.3. The summed E-state index contributed by atoms with van der Waals surface area (Å²) in [5.74, 6) is 0.121. The Balaban J connectivity index is 1.85. The molecule has 1 aromatic carbocycles. The van der Waals surface area contributed by atoms with Gasteiger partial charge in [-0.15, -0.1) is 11.3 Å². The average Bonchev–Trinajstić information content (AvgIpc) is 2.74.